The number of amides is 1. The molecule has 0 aromatic carbocycles. The molecule has 5 aliphatic carbocycles. The van der Waals surface area contributed by atoms with E-state index >= 15 is 0 Å². The predicted octanol–water partition coefficient (Wildman–Crippen LogP) is 4.95. The highest BCUT2D eigenvalue weighted by Crippen LogP contribution is 2.62. The molecule has 24 heavy (non-hydrogen) atoms. The van der Waals surface area contributed by atoms with Crippen molar-refractivity contribution in [3.63, 3.8) is 0 Å². The minimum Gasteiger partial charge on any atom is -0.346 e. The summed E-state index contributed by atoms with van der Waals surface area (Å²) in [5.74, 6) is 5.62. The lowest BCUT2D eigenvalue weighted by atomic mass is 9.43. The zero-order valence-corrected chi connectivity index (χ0v) is 15.8. The van der Waals surface area contributed by atoms with Crippen molar-refractivity contribution in [3.8, 4) is 0 Å². The molecule has 4 bridgehead atoms. The topological polar surface area (TPSA) is 29.1 Å². The molecule has 5 aliphatic rings. The van der Waals surface area contributed by atoms with Crippen molar-refractivity contribution in [2.45, 2.75) is 77.7 Å². The Morgan fingerprint density at radius 1 is 1.00 bits per heavy atom. The molecule has 0 spiro atoms. The standard InChI is InChI=1S/C22H35NO/c1-13(2)21(24)23-22(20-7-5-6-14(3)15(20)4)18-9-16-8-17(11-18)12-19(22)10-16/h14-20H,1,5-12H2,2-4H3,(H,23,24). The first-order valence-corrected chi connectivity index (χ1v) is 10.4. The van der Waals surface area contributed by atoms with Crippen LogP contribution in [0.3, 0.4) is 0 Å². The van der Waals surface area contributed by atoms with Crippen LogP contribution in [-0.4, -0.2) is 11.4 Å². The first-order chi connectivity index (χ1) is 11.4. The van der Waals surface area contributed by atoms with Crippen molar-refractivity contribution in [1.29, 1.82) is 0 Å². The maximum absolute atomic E-state index is 12.8. The van der Waals surface area contributed by atoms with E-state index in [2.05, 4.69) is 25.7 Å². The van der Waals surface area contributed by atoms with Crippen molar-refractivity contribution in [3.05, 3.63) is 12.2 Å². The largest absolute Gasteiger partial charge is 0.346 e. The second-order valence-corrected chi connectivity index (χ2v) is 9.85. The second kappa shape index (κ2) is 5.88. The maximum Gasteiger partial charge on any atom is 0.246 e. The van der Waals surface area contributed by atoms with Crippen molar-refractivity contribution >= 4 is 5.91 Å². The van der Waals surface area contributed by atoms with Gasteiger partial charge in [0.2, 0.25) is 5.91 Å². The molecular formula is C22H35NO. The third-order valence-corrected chi connectivity index (χ3v) is 8.53. The van der Waals surface area contributed by atoms with Crippen molar-refractivity contribution in [1.82, 2.24) is 5.32 Å². The van der Waals surface area contributed by atoms with Gasteiger partial charge in [0.1, 0.15) is 0 Å². The van der Waals surface area contributed by atoms with Crippen LogP contribution in [-0.2, 0) is 4.79 Å². The van der Waals surface area contributed by atoms with E-state index in [1.54, 1.807) is 0 Å². The normalized spacial score (nSPS) is 49.9. The van der Waals surface area contributed by atoms with Gasteiger partial charge in [0.25, 0.3) is 0 Å². The molecule has 5 fully saturated rings. The van der Waals surface area contributed by atoms with Crippen LogP contribution in [0.1, 0.15) is 72.1 Å². The predicted molar refractivity (Wildman–Crippen MR) is 98.4 cm³/mol. The molecule has 0 heterocycles. The summed E-state index contributed by atoms with van der Waals surface area (Å²) < 4.78 is 0. The van der Waals surface area contributed by atoms with Gasteiger partial charge in [-0.25, -0.2) is 0 Å². The van der Waals surface area contributed by atoms with Gasteiger partial charge in [-0.1, -0.05) is 33.3 Å². The number of carbonyl (C=O) groups excluding carboxylic acids is 1. The van der Waals surface area contributed by atoms with Gasteiger partial charge < -0.3 is 5.32 Å². The maximum atomic E-state index is 12.8. The number of rotatable bonds is 3. The first kappa shape index (κ1) is 16.7. The van der Waals surface area contributed by atoms with Crippen LogP contribution in [0.5, 0.6) is 0 Å². The van der Waals surface area contributed by atoms with Gasteiger partial charge in [-0.3, -0.25) is 4.79 Å². The molecule has 0 aliphatic heterocycles. The summed E-state index contributed by atoms with van der Waals surface area (Å²) in [6.07, 6.45) is 10.9. The van der Waals surface area contributed by atoms with Crippen molar-refractivity contribution in [2.24, 2.45) is 41.4 Å². The Kier molecular flexibility index (Phi) is 4.09. The molecule has 0 saturated heterocycles. The monoisotopic (exact) mass is 329 g/mol. The summed E-state index contributed by atoms with van der Waals surface area (Å²) in [7, 11) is 0. The van der Waals surface area contributed by atoms with Crippen LogP contribution in [0.25, 0.3) is 0 Å². The average Bonchev–Trinajstić information content (AvgIpc) is 2.53. The van der Waals surface area contributed by atoms with E-state index in [9.17, 15) is 4.79 Å². The van der Waals surface area contributed by atoms with Gasteiger partial charge in [-0.15, -0.1) is 0 Å². The highest BCUT2D eigenvalue weighted by molar-refractivity contribution is 5.92. The third-order valence-electron chi connectivity index (χ3n) is 8.53. The minimum atomic E-state index is 0.0670. The Balaban J connectivity index is 1.72. The van der Waals surface area contributed by atoms with Crippen LogP contribution < -0.4 is 5.32 Å². The fourth-order valence-corrected chi connectivity index (χ4v) is 7.43. The summed E-state index contributed by atoms with van der Waals surface area (Å²) in [6.45, 7) is 10.7. The lowest BCUT2D eigenvalue weighted by Gasteiger charge is -2.65. The van der Waals surface area contributed by atoms with E-state index in [1.165, 1.54) is 51.4 Å². The molecule has 3 atom stereocenters. The van der Waals surface area contributed by atoms with Crippen LogP contribution in [0.15, 0.2) is 12.2 Å². The number of hydrogen-bond donors (Lipinski definition) is 1. The average molecular weight is 330 g/mol. The molecule has 1 amide bonds. The molecule has 2 heteroatoms. The molecule has 2 nitrogen and oxygen atoms in total. The SMILES string of the molecule is C=C(C)C(=O)NC1(C2CCCC(C)C2C)C2CC3CC(C2)CC1C3. The second-order valence-electron chi connectivity index (χ2n) is 9.85. The summed E-state index contributed by atoms with van der Waals surface area (Å²) in [4.78, 5) is 12.8. The summed E-state index contributed by atoms with van der Waals surface area (Å²) in [5.41, 5.74) is 0.747. The summed E-state index contributed by atoms with van der Waals surface area (Å²) in [5, 5.41) is 3.66. The number of hydrogen-bond acceptors (Lipinski definition) is 1. The fraction of sp³-hybridized carbons (Fsp3) is 0.864. The number of carbonyl (C=O) groups is 1. The van der Waals surface area contributed by atoms with Gasteiger partial charge in [0, 0.05) is 11.1 Å². The van der Waals surface area contributed by atoms with E-state index in [1.807, 2.05) is 6.92 Å². The van der Waals surface area contributed by atoms with Crippen LogP contribution >= 0.6 is 0 Å². The molecule has 1 N–H and O–H groups in total. The van der Waals surface area contributed by atoms with Crippen LogP contribution in [0.2, 0.25) is 0 Å². The number of nitrogens with one attached hydrogen (secondary N) is 1. The lowest BCUT2D eigenvalue weighted by Crippen LogP contribution is -2.71. The Hall–Kier alpha value is -0.790. The molecule has 5 saturated carbocycles. The quantitative estimate of drug-likeness (QED) is 0.730. The van der Waals surface area contributed by atoms with E-state index in [4.69, 9.17) is 0 Å². The van der Waals surface area contributed by atoms with E-state index in [-0.39, 0.29) is 11.4 Å². The highest BCUT2D eigenvalue weighted by Gasteiger charge is 2.61. The summed E-state index contributed by atoms with van der Waals surface area (Å²) >= 11 is 0. The summed E-state index contributed by atoms with van der Waals surface area (Å²) in [6, 6.07) is 0. The zero-order valence-electron chi connectivity index (χ0n) is 15.8. The molecule has 0 radical (unpaired) electrons. The Bertz CT molecular complexity index is 508. The van der Waals surface area contributed by atoms with E-state index in [0.717, 1.165) is 35.5 Å². The van der Waals surface area contributed by atoms with Gasteiger partial charge in [-0.2, -0.15) is 0 Å². The zero-order chi connectivity index (χ0) is 17.1. The van der Waals surface area contributed by atoms with Crippen molar-refractivity contribution < 1.29 is 4.79 Å². The van der Waals surface area contributed by atoms with E-state index < -0.39 is 0 Å². The molecule has 134 valence electrons. The third kappa shape index (κ3) is 2.39. The van der Waals surface area contributed by atoms with Crippen LogP contribution in [0, 0.1) is 41.4 Å². The molecular weight excluding hydrogens is 294 g/mol. The Morgan fingerprint density at radius 3 is 2.12 bits per heavy atom. The smallest absolute Gasteiger partial charge is 0.246 e. The first-order valence-electron chi connectivity index (χ1n) is 10.4. The molecule has 0 aromatic rings. The van der Waals surface area contributed by atoms with E-state index in [0.29, 0.717) is 11.5 Å². The Morgan fingerprint density at radius 2 is 1.58 bits per heavy atom. The lowest BCUT2D eigenvalue weighted by molar-refractivity contribution is -0.143. The van der Waals surface area contributed by atoms with Gasteiger partial charge >= 0.3 is 0 Å². The minimum absolute atomic E-state index is 0.0670. The molecule has 3 unspecified atom stereocenters. The van der Waals surface area contributed by atoms with Crippen LogP contribution in [0.4, 0.5) is 0 Å². The molecule has 5 rings (SSSR count). The molecule has 0 aromatic heterocycles. The van der Waals surface area contributed by atoms with Crippen molar-refractivity contribution in [2.75, 3.05) is 0 Å². The fourth-order valence-electron chi connectivity index (χ4n) is 7.43. The van der Waals surface area contributed by atoms with Gasteiger partial charge in [0.05, 0.1) is 0 Å². The highest BCUT2D eigenvalue weighted by atomic mass is 16.1. The van der Waals surface area contributed by atoms with Gasteiger partial charge in [0.15, 0.2) is 0 Å². The Labute approximate surface area is 147 Å². The van der Waals surface area contributed by atoms with Gasteiger partial charge in [-0.05, 0) is 86.9 Å².